The highest BCUT2D eigenvalue weighted by atomic mass is 79.9. The van der Waals surface area contributed by atoms with Crippen molar-refractivity contribution < 1.29 is 4.79 Å². The summed E-state index contributed by atoms with van der Waals surface area (Å²) in [6.45, 7) is 0. The first-order valence-electron chi connectivity index (χ1n) is 4.16. The Hall–Kier alpha value is -0.550. The van der Waals surface area contributed by atoms with Gasteiger partial charge in [0, 0.05) is 10.9 Å². The Balaban J connectivity index is 2.60. The molecular weight excluding hydrogens is 312 g/mol. The Kier molecular flexibility index (Phi) is 2.53. The first kappa shape index (κ1) is 9.98. The van der Waals surface area contributed by atoms with Gasteiger partial charge in [0.25, 0.3) is 0 Å². The van der Waals surface area contributed by atoms with E-state index in [1.54, 1.807) is 0 Å². The molecule has 0 bridgehead atoms. The van der Waals surface area contributed by atoms with Gasteiger partial charge in [-0.3, -0.25) is 4.79 Å². The standard InChI is InChI=1S/C9H8Br2N2O/c10-5-3-4-1-2-6(14)13-9(4)7(11)8(5)12/h3H,1-2,12H2,(H,13,14). The summed E-state index contributed by atoms with van der Waals surface area (Å²) in [6, 6.07) is 1.95. The van der Waals surface area contributed by atoms with Gasteiger partial charge < -0.3 is 11.1 Å². The molecule has 1 amide bonds. The Morgan fingerprint density at radius 3 is 2.79 bits per heavy atom. The van der Waals surface area contributed by atoms with Crippen LogP contribution in [0.4, 0.5) is 11.4 Å². The lowest BCUT2D eigenvalue weighted by Gasteiger charge is -2.19. The van der Waals surface area contributed by atoms with E-state index in [0.717, 1.165) is 26.6 Å². The van der Waals surface area contributed by atoms with Crippen molar-refractivity contribution in [3.63, 3.8) is 0 Å². The molecule has 0 spiro atoms. The molecule has 0 saturated carbocycles. The van der Waals surface area contributed by atoms with Gasteiger partial charge in [0.2, 0.25) is 5.91 Å². The summed E-state index contributed by atoms with van der Waals surface area (Å²) in [6.07, 6.45) is 1.30. The second kappa shape index (κ2) is 3.55. The number of halogens is 2. The van der Waals surface area contributed by atoms with E-state index in [1.165, 1.54) is 0 Å². The maximum absolute atomic E-state index is 11.2. The number of aryl methyl sites for hydroxylation is 1. The molecule has 0 fully saturated rings. The van der Waals surface area contributed by atoms with Gasteiger partial charge >= 0.3 is 0 Å². The number of hydrogen-bond donors (Lipinski definition) is 2. The van der Waals surface area contributed by atoms with Gasteiger partial charge in [0.1, 0.15) is 0 Å². The number of nitrogens with two attached hydrogens (primary N) is 1. The normalized spacial score (nSPS) is 14.9. The summed E-state index contributed by atoms with van der Waals surface area (Å²) in [5, 5.41) is 2.81. The highest BCUT2D eigenvalue weighted by Gasteiger charge is 2.19. The van der Waals surface area contributed by atoms with Crippen LogP contribution in [0.25, 0.3) is 0 Å². The maximum atomic E-state index is 11.2. The van der Waals surface area contributed by atoms with Gasteiger partial charge in [-0.15, -0.1) is 0 Å². The molecule has 5 heteroatoms. The minimum Gasteiger partial charge on any atom is -0.397 e. The van der Waals surface area contributed by atoms with E-state index in [0.29, 0.717) is 12.1 Å². The average Bonchev–Trinajstić information content (AvgIpc) is 2.16. The summed E-state index contributed by atoms with van der Waals surface area (Å²) in [5.74, 6) is 0.0416. The largest absolute Gasteiger partial charge is 0.397 e. The Morgan fingerprint density at radius 2 is 2.07 bits per heavy atom. The molecule has 1 aliphatic heterocycles. The number of carbonyl (C=O) groups excluding carboxylic acids is 1. The molecule has 0 radical (unpaired) electrons. The number of nitrogens with one attached hydrogen (secondary N) is 1. The van der Waals surface area contributed by atoms with E-state index in [-0.39, 0.29) is 5.91 Å². The monoisotopic (exact) mass is 318 g/mol. The summed E-state index contributed by atoms with van der Waals surface area (Å²) in [7, 11) is 0. The van der Waals surface area contributed by atoms with E-state index in [9.17, 15) is 4.79 Å². The molecule has 1 aromatic carbocycles. The molecule has 0 aromatic heterocycles. The van der Waals surface area contributed by atoms with Crippen molar-refractivity contribution in [3.8, 4) is 0 Å². The number of nitrogen functional groups attached to an aromatic ring is 1. The van der Waals surface area contributed by atoms with Crippen LogP contribution in [0.1, 0.15) is 12.0 Å². The van der Waals surface area contributed by atoms with Crippen LogP contribution in [-0.4, -0.2) is 5.91 Å². The summed E-state index contributed by atoms with van der Waals surface area (Å²) < 4.78 is 1.62. The summed E-state index contributed by atoms with van der Waals surface area (Å²) in [5.41, 5.74) is 8.34. The SMILES string of the molecule is Nc1c(Br)cc2c(c1Br)NC(=O)CC2. The average molecular weight is 320 g/mol. The first-order valence-corrected chi connectivity index (χ1v) is 5.74. The fourth-order valence-electron chi connectivity index (χ4n) is 1.47. The van der Waals surface area contributed by atoms with Crippen molar-refractivity contribution >= 4 is 49.1 Å². The molecule has 0 saturated heterocycles. The quantitative estimate of drug-likeness (QED) is 0.722. The molecule has 0 aliphatic carbocycles. The minimum absolute atomic E-state index is 0.0416. The number of carbonyl (C=O) groups is 1. The van der Waals surface area contributed by atoms with E-state index in [4.69, 9.17) is 5.73 Å². The van der Waals surface area contributed by atoms with Gasteiger partial charge in [0.15, 0.2) is 0 Å². The molecule has 0 atom stereocenters. The van der Waals surface area contributed by atoms with Crippen LogP contribution in [0.3, 0.4) is 0 Å². The van der Waals surface area contributed by atoms with Gasteiger partial charge in [-0.25, -0.2) is 0 Å². The molecule has 3 N–H and O–H groups in total. The van der Waals surface area contributed by atoms with Gasteiger partial charge in [-0.2, -0.15) is 0 Å². The number of anilines is 2. The minimum atomic E-state index is 0.0416. The van der Waals surface area contributed by atoms with Crippen molar-refractivity contribution in [2.45, 2.75) is 12.8 Å². The third-order valence-corrected chi connectivity index (χ3v) is 3.70. The van der Waals surface area contributed by atoms with Crippen LogP contribution in [0.2, 0.25) is 0 Å². The van der Waals surface area contributed by atoms with E-state index in [1.807, 2.05) is 6.07 Å². The lowest BCUT2D eigenvalue weighted by atomic mass is 10.0. The van der Waals surface area contributed by atoms with Crippen molar-refractivity contribution in [3.05, 3.63) is 20.6 Å². The highest BCUT2D eigenvalue weighted by molar-refractivity contribution is 9.11. The van der Waals surface area contributed by atoms with E-state index < -0.39 is 0 Å². The van der Waals surface area contributed by atoms with Crippen LogP contribution in [0.5, 0.6) is 0 Å². The van der Waals surface area contributed by atoms with Crippen LogP contribution < -0.4 is 11.1 Å². The number of hydrogen-bond acceptors (Lipinski definition) is 2. The van der Waals surface area contributed by atoms with Gasteiger partial charge in [0.05, 0.1) is 15.8 Å². The molecular formula is C9H8Br2N2O. The predicted octanol–water partition coefficient (Wildman–Crippen LogP) is 2.68. The molecule has 14 heavy (non-hydrogen) atoms. The topological polar surface area (TPSA) is 55.1 Å². The van der Waals surface area contributed by atoms with E-state index in [2.05, 4.69) is 37.2 Å². The highest BCUT2D eigenvalue weighted by Crippen LogP contribution is 2.39. The first-order chi connectivity index (χ1) is 6.59. The van der Waals surface area contributed by atoms with E-state index >= 15 is 0 Å². The van der Waals surface area contributed by atoms with Crippen LogP contribution in [0, 0.1) is 0 Å². The molecule has 2 rings (SSSR count). The fourth-order valence-corrected chi connectivity index (χ4v) is 2.77. The zero-order chi connectivity index (χ0) is 10.3. The van der Waals surface area contributed by atoms with Crippen LogP contribution in [-0.2, 0) is 11.2 Å². The Morgan fingerprint density at radius 1 is 1.36 bits per heavy atom. The maximum Gasteiger partial charge on any atom is 0.224 e. The third kappa shape index (κ3) is 1.54. The summed E-state index contributed by atoms with van der Waals surface area (Å²) in [4.78, 5) is 11.2. The third-order valence-electron chi connectivity index (χ3n) is 2.22. The molecule has 1 heterocycles. The molecule has 0 unspecified atom stereocenters. The van der Waals surface area contributed by atoms with Crippen LogP contribution >= 0.6 is 31.9 Å². The smallest absolute Gasteiger partial charge is 0.224 e. The molecule has 1 aliphatic rings. The number of rotatable bonds is 0. The number of fused-ring (bicyclic) bond motifs is 1. The van der Waals surface area contributed by atoms with Gasteiger partial charge in [-0.1, -0.05) is 0 Å². The summed E-state index contributed by atoms with van der Waals surface area (Å²) >= 11 is 6.75. The lowest BCUT2D eigenvalue weighted by molar-refractivity contribution is -0.116. The fraction of sp³-hybridized carbons (Fsp3) is 0.222. The van der Waals surface area contributed by atoms with Crippen molar-refractivity contribution in [2.24, 2.45) is 0 Å². The zero-order valence-electron chi connectivity index (χ0n) is 7.23. The van der Waals surface area contributed by atoms with Crippen molar-refractivity contribution in [1.29, 1.82) is 0 Å². The van der Waals surface area contributed by atoms with Crippen molar-refractivity contribution in [1.82, 2.24) is 0 Å². The Bertz CT molecular complexity index is 418. The Labute approximate surface area is 98.3 Å². The second-order valence-electron chi connectivity index (χ2n) is 3.17. The zero-order valence-corrected chi connectivity index (χ0v) is 10.4. The van der Waals surface area contributed by atoms with Gasteiger partial charge in [-0.05, 0) is 49.9 Å². The molecule has 3 nitrogen and oxygen atoms in total. The van der Waals surface area contributed by atoms with Crippen molar-refractivity contribution in [2.75, 3.05) is 11.1 Å². The predicted molar refractivity (Wildman–Crippen MR) is 63.2 cm³/mol. The molecule has 1 aromatic rings. The number of amides is 1. The van der Waals surface area contributed by atoms with Crippen LogP contribution in [0.15, 0.2) is 15.0 Å². The lowest BCUT2D eigenvalue weighted by Crippen LogP contribution is -2.19. The molecule has 74 valence electrons. The second-order valence-corrected chi connectivity index (χ2v) is 4.82. The number of benzene rings is 1.